The Labute approximate surface area is 111 Å². The van der Waals surface area contributed by atoms with Crippen LogP contribution < -0.4 is 5.32 Å². The van der Waals surface area contributed by atoms with Gasteiger partial charge in [-0.05, 0) is 31.4 Å². The molecule has 17 heavy (non-hydrogen) atoms. The first-order chi connectivity index (χ1) is 7.93. The number of pyridine rings is 1. The first-order valence-electron chi connectivity index (χ1n) is 5.58. The lowest BCUT2D eigenvalue weighted by atomic mass is 10.2. The Balaban J connectivity index is 0.00000108. The van der Waals surface area contributed by atoms with Crippen molar-refractivity contribution in [3.8, 4) is 10.7 Å². The molecule has 0 bridgehead atoms. The highest BCUT2D eigenvalue weighted by molar-refractivity contribution is 7.15. The maximum Gasteiger partial charge on any atom is 0.144 e. The lowest BCUT2D eigenvalue weighted by molar-refractivity contribution is 0.790. The van der Waals surface area contributed by atoms with Gasteiger partial charge in [-0.3, -0.25) is 4.98 Å². The Bertz CT molecular complexity index is 460. The zero-order valence-corrected chi connectivity index (χ0v) is 11.0. The summed E-state index contributed by atoms with van der Waals surface area (Å²) in [5.74, 6) is 1.07. The largest absolute Gasteiger partial charge is 0.369 e. The second-order valence-corrected chi connectivity index (χ2v) is 4.97. The van der Waals surface area contributed by atoms with Crippen LogP contribution in [0.4, 0.5) is 5.82 Å². The first-order valence-corrected chi connectivity index (χ1v) is 6.40. The molecular weight excluding hydrogens is 254 g/mol. The number of nitrogens with zero attached hydrogens (tertiary/aromatic N) is 2. The fourth-order valence-corrected chi connectivity index (χ4v) is 2.93. The zero-order valence-electron chi connectivity index (χ0n) is 9.35. The summed E-state index contributed by atoms with van der Waals surface area (Å²) in [5.41, 5.74) is 0.974. The van der Waals surface area contributed by atoms with E-state index in [1.807, 2.05) is 24.4 Å². The molecule has 0 amide bonds. The van der Waals surface area contributed by atoms with Crippen LogP contribution in [-0.4, -0.2) is 16.5 Å². The molecule has 1 aliphatic heterocycles. The van der Waals surface area contributed by atoms with Crippen molar-refractivity contribution in [3.63, 3.8) is 0 Å². The smallest absolute Gasteiger partial charge is 0.144 e. The molecule has 1 aliphatic rings. The van der Waals surface area contributed by atoms with E-state index in [0.29, 0.717) is 0 Å². The molecule has 0 aromatic carbocycles. The minimum absolute atomic E-state index is 0. The van der Waals surface area contributed by atoms with Crippen molar-refractivity contribution in [1.29, 1.82) is 0 Å². The number of hydrogen-bond donors (Lipinski definition) is 1. The molecule has 2 aromatic heterocycles. The van der Waals surface area contributed by atoms with E-state index in [4.69, 9.17) is 0 Å². The number of hydrogen-bond acceptors (Lipinski definition) is 4. The van der Waals surface area contributed by atoms with E-state index in [2.05, 4.69) is 15.3 Å². The van der Waals surface area contributed by atoms with E-state index in [-0.39, 0.29) is 12.4 Å². The number of thiazole rings is 1. The van der Waals surface area contributed by atoms with Crippen LogP contribution in [0, 0.1) is 0 Å². The standard InChI is InChI=1S/C12H13N3S.ClH/c1-3-7-13-9(5-1)12-15-11-10(16-12)6-2-4-8-14-11;/h1,3,5,7,14H,2,4,6,8H2;1H. The summed E-state index contributed by atoms with van der Waals surface area (Å²) in [4.78, 5) is 10.3. The molecule has 0 fully saturated rings. The van der Waals surface area contributed by atoms with Crippen LogP contribution in [0.2, 0.25) is 0 Å². The summed E-state index contributed by atoms with van der Waals surface area (Å²) >= 11 is 1.77. The molecular formula is C12H14ClN3S. The number of aromatic nitrogens is 2. The highest BCUT2D eigenvalue weighted by atomic mass is 35.5. The van der Waals surface area contributed by atoms with Gasteiger partial charge in [-0.2, -0.15) is 0 Å². The Morgan fingerprint density at radius 3 is 3.00 bits per heavy atom. The summed E-state index contributed by atoms with van der Waals surface area (Å²) in [5, 5.41) is 4.41. The minimum atomic E-state index is 0. The Kier molecular flexibility index (Phi) is 3.97. The highest BCUT2D eigenvalue weighted by Gasteiger charge is 2.14. The van der Waals surface area contributed by atoms with Crippen molar-refractivity contribution >= 4 is 29.6 Å². The van der Waals surface area contributed by atoms with Gasteiger partial charge in [0.15, 0.2) is 0 Å². The minimum Gasteiger partial charge on any atom is -0.369 e. The van der Waals surface area contributed by atoms with Crippen LogP contribution in [0.15, 0.2) is 24.4 Å². The molecule has 90 valence electrons. The zero-order chi connectivity index (χ0) is 10.8. The van der Waals surface area contributed by atoms with Gasteiger partial charge in [-0.15, -0.1) is 23.7 Å². The van der Waals surface area contributed by atoms with Crippen molar-refractivity contribution < 1.29 is 0 Å². The number of aryl methyl sites for hydroxylation is 1. The average molecular weight is 268 g/mol. The monoisotopic (exact) mass is 267 g/mol. The molecule has 1 N–H and O–H groups in total. The van der Waals surface area contributed by atoms with Crippen molar-refractivity contribution in [2.45, 2.75) is 19.3 Å². The molecule has 3 nitrogen and oxygen atoms in total. The van der Waals surface area contributed by atoms with E-state index >= 15 is 0 Å². The van der Waals surface area contributed by atoms with Gasteiger partial charge in [-0.25, -0.2) is 4.98 Å². The van der Waals surface area contributed by atoms with E-state index in [9.17, 15) is 0 Å². The van der Waals surface area contributed by atoms with Gasteiger partial charge in [0.2, 0.25) is 0 Å². The second-order valence-electron chi connectivity index (χ2n) is 3.89. The number of halogens is 1. The van der Waals surface area contributed by atoms with Crippen molar-refractivity contribution in [1.82, 2.24) is 9.97 Å². The quantitative estimate of drug-likeness (QED) is 0.861. The van der Waals surface area contributed by atoms with Gasteiger partial charge < -0.3 is 5.32 Å². The third kappa shape index (κ3) is 2.58. The van der Waals surface area contributed by atoms with E-state index in [1.165, 1.54) is 17.7 Å². The predicted octanol–water partition coefficient (Wildman–Crippen LogP) is 3.38. The molecule has 0 aliphatic carbocycles. The van der Waals surface area contributed by atoms with Gasteiger partial charge in [0.25, 0.3) is 0 Å². The van der Waals surface area contributed by atoms with Gasteiger partial charge in [0.1, 0.15) is 10.8 Å². The molecule has 0 atom stereocenters. The van der Waals surface area contributed by atoms with Crippen LogP contribution in [0.25, 0.3) is 10.7 Å². The number of fused-ring (bicyclic) bond motifs is 1. The van der Waals surface area contributed by atoms with Gasteiger partial charge in [0, 0.05) is 17.6 Å². The molecule has 3 rings (SSSR count). The molecule has 3 heterocycles. The molecule has 0 saturated heterocycles. The summed E-state index contributed by atoms with van der Waals surface area (Å²) < 4.78 is 0. The van der Waals surface area contributed by atoms with E-state index in [1.54, 1.807) is 11.3 Å². The summed E-state index contributed by atoms with van der Waals surface area (Å²) in [7, 11) is 0. The molecule has 5 heteroatoms. The van der Waals surface area contributed by atoms with Crippen molar-refractivity contribution in [3.05, 3.63) is 29.3 Å². The van der Waals surface area contributed by atoms with Gasteiger partial charge >= 0.3 is 0 Å². The molecule has 0 saturated carbocycles. The molecule has 0 unspecified atom stereocenters. The normalized spacial score (nSPS) is 14.1. The molecule has 2 aromatic rings. The Morgan fingerprint density at radius 1 is 1.24 bits per heavy atom. The Morgan fingerprint density at radius 2 is 2.18 bits per heavy atom. The second kappa shape index (κ2) is 5.47. The van der Waals surface area contributed by atoms with Gasteiger partial charge in [-0.1, -0.05) is 6.07 Å². The molecule has 0 radical (unpaired) electrons. The predicted molar refractivity (Wildman–Crippen MR) is 74.0 cm³/mol. The molecule has 0 spiro atoms. The third-order valence-corrected chi connectivity index (χ3v) is 3.84. The maximum atomic E-state index is 4.63. The van der Waals surface area contributed by atoms with E-state index < -0.39 is 0 Å². The fourth-order valence-electron chi connectivity index (χ4n) is 1.88. The van der Waals surface area contributed by atoms with Crippen LogP contribution in [-0.2, 0) is 6.42 Å². The summed E-state index contributed by atoms with van der Waals surface area (Å²) in [6.07, 6.45) is 5.45. The number of nitrogens with one attached hydrogen (secondary N) is 1. The average Bonchev–Trinajstić information content (AvgIpc) is 2.62. The van der Waals surface area contributed by atoms with Crippen LogP contribution in [0.3, 0.4) is 0 Å². The Hall–Kier alpha value is -1.13. The topological polar surface area (TPSA) is 37.8 Å². The van der Waals surface area contributed by atoms with E-state index in [0.717, 1.165) is 29.5 Å². The van der Waals surface area contributed by atoms with Crippen LogP contribution in [0.1, 0.15) is 17.7 Å². The summed E-state index contributed by atoms with van der Waals surface area (Å²) in [6.45, 7) is 1.04. The highest BCUT2D eigenvalue weighted by Crippen LogP contribution is 2.32. The van der Waals surface area contributed by atoms with Crippen LogP contribution in [0.5, 0.6) is 0 Å². The van der Waals surface area contributed by atoms with Crippen molar-refractivity contribution in [2.24, 2.45) is 0 Å². The lowest BCUT2D eigenvalue weighted by Crippen LogP contribution is -1.99. The SMILES string of the molecule is Cl.c1ccc(-c2nc3c(s2)CCCCN3)nc1. The number of rotatable bonds is 1. The number of anilines is 1. The first kappa shape index (κ1) is 12.3. The lowest BCUT2D eigenvalue weighted by Gasteiger charge is -1.97. The fraction of sp³-hybridized carbons (Fsp3) is 0.333. The van der Waals surface area contributed by atoms with Gasteiger partial charge in [0.05, 0.1) is 5.69 Å². The van der Waals surface area contributed by atoms with Crippen molar-refractivity contribution in [2.75, 3.05) is 11.9 Å². The third-order valence-electron chi connectivity index (χ3n) is 2.70. The summed E-state index contributed by atoms with van der Waals surface area (Å²) in [6, 6.07) is 5.95. The van der Waals surface area contributed by atoms with Crippen LogP contribution >= 0.6 is 23.7 Å². The maximum absolute atomic E-state index is 4.63.